The van der Waals surface area contributed by atoms with E-state index in [0.29, 0.717) is 30.9 Å². The summed E-state index contributed by atoms with van der Waals surface area (Å²) in [6.07, 6.45) is 0. The van der Waals surface area contributed by atoms with Gasteiger partial charge in [0.25, 0.3) is 5.91 Å². The smallest absolute Gasteiger partial charge is 0.256 e. The lowest BCUT2D eigenvalue weighted by Gasteiger charge is -2.38. The zero-order chi connectivity index (χ0) is 13.3. The zero-order valence-corrected chi connectivity index (χ0v) is 11.2. The predicted octanol–water partition coefficient (Wildman–Crippen LogP) is 1.83. The fourth-order valence-corrected chi connectivity index (χ4v) is 2.24. The van der Waals surface area contributed by atoms with Gasteiger partial charge in [0.2, 0.25) is 0 Å². The molecule has 2 rings (SSSR count). The van der Waals surface area contributed by atoms with Crippen molar-refractivity contribution in [2.45, 2.75) is 26.4 Å². The van der Waals surface area contributed by atoms with Gasteiger partial charge in [0, 0.05) is 18.8 Å². The number of carbonyl (C=O) groups is 1. The molecule has 1 amide bonds. The maximum absolute atomic E-state index is 12.4. The summed E-state index contributed by atoms with van der Waals surface area (Å²) in [5.41, 5.74) is 7.82. The number of ether oxygens (including phenoxy) is 1. The van der Waals surface area contributed by atoms with E-state index in [0.717, 1.165) is 5.56 Å². The highest BCUT2D eigenvalue weighted by atomic mass is 16.5. The molecule has 4 nitrogen and oxygen atoms in total. The molecule has 2 N–H and O–H groups in total. The van der Waals surface area contributed by atoms with Crippen LogP contribution in [0.15, 0.2) is 18.2 Å². The van der Waals surface area contributed by atoms with Gasteiger partial charge >= 0.3 is 0 Å². The van der Waals surface area contributed by atoms with Crippen molar-refractivity contribution in [2.24, 2.45) is 0 Å². The van der Waals surface area contributed by atoms with Crippen molar-refractivity contribution >= 4 is 11.6 Å². The molecule has 0 aromatic heterocycles. The van der Waals surface area contributed by atoms with Crippen LogP contribution in [-0.2, 0) is 4.74 Å². The van der Waals surface area contributed by atoms with E-state index in [2.05, 4.69) is 0 Å². The Labute approximate surface area is 108 Å². The highest BCUT2D eigenvalue weighted by molar-refractivity contribution is 5.99. The molecular weight excluding hydrogens is 228 g/mol. The molecule has 4 heteroatoms. The molecule has 98 valence electrons. The number of amides is 1. The largest absolute Gasteiger partial charge is 0.398 e. The van der Waals surface area contributed by atoms with Crippen LogP contribution in [0.2, 0.25) is 0 Å². The molecule has 1 aliphatic heterocycles. The van der Waals surface area contributed by atoms with E-state index in [1.807, 2.05) is 37.8 Å². The summed E-state index contributed by atoms with van der Waals surface area (Å²) in [6, 6.07) is 5.55. The molecule has 1 aliphatic rings. The summed E-state index contributed by atoms with van der Waals surface area (Å²) in [4.78, 5) is 14.2. The molecule has 1 aromatic carbocycles. The summed E-state index contributed by atoms with van der Waals surface area (Å²) >= 11 is 0. The summed E-state index contributed by atoms with van der Waals surface area (Å²) in [5.74, 6) is -0.0103. The summed E-state index contributed by atoms with van der Waals surface area (Å²) in [6.45, 7) is 7.73. The van der Waals surface area contributed by atoms with Crippen LogP contribution in [0.4, 0.5) is 5.69 Å². The quantitative estimate of drug-likeness (QED) is 0.771. The normalized spacial score (nSPS) is 18.7. The van der Waals surface area contributed by atoms with Gasteiger partial charge in [-0.2, -0.15) is 0 Å². The lowest BCUT2D eigenvalue weighted by Crippen LogP contribution is -2.50. The van der Waals surface area contributed by atoms with Crippen molar-refractivity contribution in [2.75, 3.05) is 25.4 Å². The summed E-state index contributed by atoms with van der Waals surface area (Å²) in [5, 5.41) is 0. The van der Waals surface area contributed by atoms with Crippen LogP contribution in [0.1, 0.15) is 29.8 Å². The van der Waals surface area contributed by atoms with Gasteiger partial charge in [-0.15, -0.1) is 0 Å². The highest BCUT2D eigenvalue weighted by Gasteiger charge is 2.30. The third-order valence-electron chi connectivity index (χ3n) is 3.15. The topological polar surface area (TPSA) is 55.6 Å². The Hall–Kier alpha value is -1.55. The Morgan fingerprint density at radius 1 is 1.44 bits per heavy atom. The number of nitrogens with zero attached hydrogens (tertiary/aromatic N) is 1. The fourth-order valence-electron chi connectivity index (χ4n) is 2.24. The number of nitrogen functional groups attached to an aromatic ring is 1. The van der Waals surface area contributed by atoms with Crippen molar-refractivity contribution in [3.05, 3.63) is 29.3 Å². The van der Waals surface area contributed by atoms with Gasteiger partial charge in [-0.3, -0.25) is 4.79 Å². The minimum absolute atomic E-state index is 0.0103. The number of carbonyl (C=O) groups excluding carboxylic acids is 1. The number of hydrogen-bond donors (Lipinski definition) is 1. The van der Waals surface area contributed by atoms with E-state index in [1.165, 1.54) is 0 Å². The first kappa shape index (κ1) is 12.9. The average molecular weight is 248 g/mol. The van der Waals surface area contributed by atoms with E-state index in [1.54, 1.807) is 6.07 Å². The van der Waals surface area contributed by atoms with Crippen molar-refractivity contribution in [1.82, 2.24) is 4.90 Å². The third-order valence-corrected chi connectivity index (χ3v) is 3.15. The number of anilines is 1. The number of aryl methyl sites for hydroxylation is 1. The van der Waals surface area contributed by atoms with E-state index in [4.69, 9.17) is 10.5 Å². The Morgan fingerprint density at radius 3 is 2.78 bits per heavy atom. The molecule has 0 unspecified atom stereocenters. The molecule has 1 heterocycles. The Kier molecular flexibility index (Phi) is 3.30. The van der Waals surface area contributed by atoms with Crippen molar-refractivity contribution in [1.29, 1.82) is 0 Å². The van der Waals surface area contributed by atoms with E-state index >= 15 is 0 Å². The summed E-state index contributed by atoms with van der Waals surface area (Å²) < 4.78 is 5.61. The lowest BCUT2D eigenvalue weighted by atomic mass is 10.0. The van der Waals surface area contributed by atoms with Gasteiger partial charge in [0.15, 0.2) is 0 Å². The van der Waals surface area contributed by atoms with Gasteiger partial charge in [-0.05, 0) is 38.5 Å². The standard InChI is InChI=1S/C14H20N2O2/c1-10-4-5-11(12(15)8-10)13(17)16-6-7-18-14(2,3)9-16/h4-5,8H,6-7,9,15H2,1-3H3. The highest BCUT2D eigenvalue weighted by Crippen LogP contribution is 2.21. The molecule has 1 saturated heterocycles. The van der Waals surface area contributed by atoms with Gasteiger partial charge in [-0.25, -0.2) is 0 Å². The lowest BCUT2D eigenvalue weighted by molar-refractivity contribution is -0.0763. The number of nitrogens with two attached hydrogens (primary N) is 1. The number of hydrogen-bond acceptors (Lipinski definition) is 3. The Morgan fingerprint density at radius 2 is 2.17 bits per heavy atom. The van der Waals surface area contributed by atoms with Crippen molar-refractivity contribution in [3.8, 4) is 0 Å². The van der Waals surface area contributed by atoms with Crippen molar-refractivity contribution < 1.29 is 9.53 Å². The molecule has 0 bridgehead atoms. The monoisotopic (exact) mass is 248 g/mol. The SMILES string of the molecule is Cc1ccc(C(=O)N2CCOC(C)(C)C2)c(N)c1. The van der Waals surface area contributed by atoms with Gasteiger partial charge in [0.05, 0.1) is 17.8 Å². The van der Waals surface area contributed by atoms with Crippen LogP contribution in [0.5, 0.6) is 0 Å². The van der Waals surface area contributed by atoms with Crippen LogP contribution in [0, 0.1) is 6.92 Å². The first-order valence-corrected chi connectivity index (χ1v) is 6.18. The predicted molar refractivity (Wildman–Crippen MR) is 71.5 cm³/mol. The molecule has 0 spiro atoms. The molecule has 18 heavy (non-hydrogen) atoms. The number of benzene rings is 1. The minimum atomic E-state index is -0.284. The first-order valence-electron chi connectivity index (χ1n) is 6.18. The Bertz CT molecular complexity index is 469. The number of rotatable bonds is 1. The van der Waals surface area contributed by atoms with Crippen LogP contribution in [-0.4, -0.2) is 36.1 Å². The summed E-state index contributed by atoms with van der Waals surface area (Å²) in [7, 11) is 0. The van der Waals surface area contributed by atoms with Crippen LogP contribution in [0.25, 0.3) is 0 Å². The average Bonchev–Trinajstić information content (AvgIpc) is 2.27. The first-order chi connectivity index (χ1) is 8.39. The van der Waals surface area contributed by atoms with Crippen molar-refractivity contribution in [3.63, 3.8) is 0 Å². The van der Waals surface area contributed by atoms with E-state index in [-0.39, 0.29) is 11.5 Å². The van der Waals surface area contributed by atoms with Gasteiger partial charge < -0.3 is 15.4 Å². The molecule has 1 aromatic rings. The van der Waals surface area contributed by atoms with Gasteiger partial charge in [-0.1, -0.05) is 6.07 Å². The molecule has 0 saturated carbocycles. The molecule has 0 radical (unpaired) electrons. The Balaban J connectivity index is 2.20. The second-order valence-electron chi connectivity index (χ2n) is 5.43. The van der Waals surface area contributed by atoms with Crippen LogP contribution in [0.3, 0.4) is 0 Å². The maximum atomic E-state index is 12.4. The van der Waals surface area contributed by atoms with Gasteiger partial charge in [0.1, 0.15) is 0 Å². The molecule has 0 aliphatic carbocycles. The number of morpholine rings is 1. The molecule has 0 atom stereocenters. The van der Waals surface area contributed by atoms with Crippen LogP contribution < -0.4 is 5.73 Å². The minimum Gasteiger partial charge on any atom is -0.398 e. The second kappa shape index (κ2) is 4.61. The maximum Gasteiger partial charge on any atom is 0.256 e. The zero-order valence-electron chi connectivity index (χ0n) is 11.2. The molecular formula is C14H20N2O2. The second-order valence-corrected chi connectivity index (χ2v) is 5.43. The van der Waals surface area contributed by atoms with Crippen LogP contribution >= 0.6 is 0 Å². The third kappa shape index (κ3) is 2.64. The fraction of sp³-hybridized carbons (Fsp3) is 0.500. The van der Waals surface area contributed by atoms with E-state index < -0.39 is 0 Å². The molecule has 1 fully saturated rings. The van der Waals surface area contributed by atoms with E-state index in [9.17, 15) is 4.79 Å².